The number of carbonyl (C=O) groups is 1. The SMILES string of the molecule is CCC(CC)C(=O)/C=C(\O)C(CC)CC.Cc1cc(C)c2ccc3c4ncnc(-c5[c-]cc6ccccc6c5)c4n(C)c3c2c1.[Ir]. The molecular formula is C40H44IrN3O2-. The molecule has 6 heteroatoms. The van der Waals surface area contributed by atoms with E-state index in [0.717, 1.165) is 53.4 Å². The number of hydrogen-bond acceptors (Lipinski definition) is 4. The van der Waals surface area contributed by atoms with Crippen molar-refractivity contribution in [1.29, 1.82) is 0 Å². The van der Waals surface area contributed by atoms with E-state index in [1.807, 2.05) is 33.8 Å². The van der Waals surface area contributed by atoms with Crippen LogP contribution in [0.1, 0.15) is 64.5 Å². The number of hydrogen-bond donors (Lipinski definition) is 1. The van der Waals surface area contributed by atoms with Gasteiger partial charge in [0.05, 0.1) is 22.3 Å². The van der Waals surface area contributed by atoms with Crippen LogP contribution in [0.2, 0.25) is 0 Å². The van der Waals surface area contributed by atoms with Gasteiger partial charge in [-0.05, 0) is 56.5 Å². The molecule has 0 fully saturated rings. The number of aryl methyl sites for hydroxylation is 3. The summed E-state index contributed by atoms with van der Waals surface area (Å²) in [6, 6.07) is 24.9. The average Bonchev–Trinajstić information content (AvgIpc) is 3.34. The van der Waals surface area contributed by atoms with Crippen LogP contribution in [-0.2, 0) is 31.9 Å². The van der Waals surface area contributed by atoms with Gasteiger partial charge in [0, 0.05) is 61.5 Å². The van der Waals surface area contributed by atoms with Crippen LogP contribution >= 0.6 is 0 Å². The maximum Gasteiger partial charge on any atom is 0.162 e. The second kappa shape index (κ2) is 15.2. The number of aliphatic hydroxyl groups excluding tert-OH is 1. The number of carbonyl (C=O) groups excluding carboxylic acids is 1. The van der Waals surface area contributed by atoms with E-state index in [0.29, 0.717) is 0 Å². The fourth-order valence-corrected chi connectivity index (χ4v) is 6.58. The standard InChI is InChI=1S/C27H20N3.C13H24O2.Ir/c1-16-12-17(2)21-10-11-22-25-27(30(3)26(22)23(21)13-16)24(28-15-29-25)20-9-8-18-6-4-5-7-19(18)14-20;1-5-10(6-2)12(14)9-13(15)11(7-3)8-4;/h4-8,10-15H,1-3H3;9-11,14H,5-8H2,1-4H3;/q-1;;/b;12-9-;. The van der Waals surface area contributed by atoms with Crippen molar-refractivity contribution in [3.63, 3.8) is 0 Å². The van der Waals surface area contributed by atoms with Gasteiger partial charge >= 0.3 is 0 Å². The molecular weight excluding hydrogens is 747 g/mol. The first kappa shape index (κ1) is 35.0. The summed E-state index contributed by atoms with van der Waals surface area (Å²) in [5.41, 5.74) is 7.71. The van der Waals surface area contributed by atoms with Crippen molar-refractivity contribution < 1.29 is 30.0 Å². The van der Waals surface area contributed by atoms with Crippen molar-refractivity contribution in [2.75, 3.05) is 0 Å². The molecule has 0 bridgehead atoms. The molecule has 0 saturated heterocycles. The summed E-state index contributed by atoms with van der Waals surface area (Å²) in [6.45, 7) is 12.4. The number of ketones is 1. The van der Waals surface area contributed by atoms with Gasteiger partial charge < -0.3 is 9.67 Å². The van der Waals surface area contributed by atoms with Gasteiger partial charge in [0.25, 0.3) is 0 Å². The van der Waals surface area contributed by atoms with Gasteiger partial charge in [-0.25, -0.2) is 4.98 Å². The summed E-state index contributed by atoms with van der Waals surface area (Å²) in [7, 11) is 2.12. The van der Waals surface area contributed by atoms with Gasteiger partial charge in [0.2, 0.25) is 0 Å². The summed E-state index contributed by atoms with van der Waals surface area (Å²) in [4.78, 5) is 21.1. The molecule has 2 heterocycles. The predicted molar refractivity (Wildman–Crippen MR) is 189 cm³/mol. The van der Waals surface area contributed by atoms with Gasteiger partial charge in [-0.2, -0.15) is 0 Å². The number of rotatable bonds is 8. The molecule has 0 atom stereocenters. The Kier molecular flexibility index (Phi) is 11.5. The van der Waals surface area contributed by atoms with E-state index in [1.54, 1.807) is 6.33 Å². The van der Waals surface area contributed by atoms with Crippen LogP contribution in [0.3, 0.4) is 0 Å². The Labute approximate surface area is 286 Å². The second-order valence-electron chi connectivity index (χ2n) is 12.1. The Balaban J connectivity index is 0.000000259. The Hall–Kier alpha value is -3.86. The molecule has 0 aliphatic heterocycles. The van der Waals surface area contributed by atoms with E-state index in [2.05, 4.69) is 91.1 Å². The van der Waals surface area contributed by atoms with Gasteiger partial charge in [0.15, 0.2) is 5.78 Å². The minimum atomic E-state index is 0. The van der Waals surface area contributed by atoms with E-state index in [9.17, 15) is 9.90 Å². The third kappa shape index (κ3) is 6.79. The Morgan fingerprint density at radius 2 is 1.50 bits per heavy atom. The topological polar surface area (TPSA) is 68.0 Å². The average molecular weight is 791 g/mol. The van der Waals surface area contributed by atoms with Crippen LogP contribution in [0.25, 0.3) is 54.7 Å². The molecule has 0 unspecified atom stereocenters. The molecule has 4 aromatic carbocycles. The number of fused-ring (bicyclic) bond motifs is 6. The van der Waals surface area contributed by atoms with Crippen LogP contribution < -0.4 is 0 Å². The molecule has 0 amide bonds. The maximum absolute atomic E-state index is 11.7. The van der Waals surface area contributed by atoms with Crippen molar-refractivity contribution in [1.82, 2.24) is 14.5 Å². The van der Waals surface area contributed by atoms with Gasteiger partial charge in [-0.3, -0.25) is 9.78 Å². The number of nitrogens with zero attached hydrogens (tertiary/aromatic N) is 3. The first-order valence-electron chi connectivity index (χ1n) is 16.2. The summed E-state index contributed by atoms with van der Waals surface area (Å²) < 4.78 is 2.25. The van der Waals surface area contributed by atoms with Crippen LogP contribution in [-0.4, -0.2) is 25.4 Å². The third-order valence-electron chi connectivity index (χ3n) is 9.22. The molecule has 1 radical (unpaired) electrons. The zero-order chi connectivity index (χ0) is 32.2. The van der Waals surface area contributed by atoms with Crippen molar-refractivity contribution in [3.8, 4) is 11.3 Å². The Bertz CT molecular complexity index is 2030. The van der Waals surface area contributed by atoms with Crippen molar-refractivity contribution >= 4 is 49.3 Å². The minimum Gasteiger partial charge on any atom is -0.512 e. The first-order valence-corrected chi connectivity index (χ1v) is 16.2. The summed E-state index contributed by atoms with van der Waals surface area (Å²) in [5, 5.41) is 15.8. The van der Waals surface area contributed by atoms with E-state index < -0.39 is 0 Å². The predicted octanol–water partition coefficient (Wildman–Crippen LogP) is 10.4. The molecule has 5 nitrogen and oxygen atoms in total. The maximum atomic E-state index is 11.7. The summed E-state index contributed by atoms with van der Waals surface area (Å²) >= 11 is 0. The molecule has 0 saturated carbocycles. The van der Waals surface area contributed by atoms with Crippen LogP contribution in [0, 0.1) is 31.7 Å². The van der Waals surface area contributed by atoms with Crippen molar-refractivity contribution in [3.05, 3.63) is 96.0 Å². The Morgan fingerprint density at radius 3 is 2.17 bits per heavy atom. The zero-order valence-corrected chi connectivity index (χ0v) is 30.3. The number of aliphatic hydroxyl groups is 1. The molecule has 0 aliphatic rings. The monoisotopic (exact) mass is 791 g/mol. The summed E-state index contributed by atoms with van der Waals surface area (Å²) in [5.74, 6) is 0.547. The van der Waals surface area contributed by atoms with Crippen LogP contribution in [0.15, 0.2) is 78.8 Å². The molecule has 1 N–H and O–H groups in total. The minimum absolute atomic E-state index is 0. The fraction of sp³-hybridized carbons (Fsp3) is 0.325. The number of benzene rings is 4. The second-order valence-corrected chi connectivity index (χ2v) is 12.1. The molecule has 241 valence electrons. The van der Waals surface area contributed by atoms with Gasteiger partial charge in [-0.15, -0.1) is 29.1 Å². The van der Waals surface area contributed by atoms with Crippen LogP contribution in [0.5, 0.6) is 0 Å². The quantitative estimate of drug-likeness (QED) is 0.0947. The smallest absolute Gasteiger partial charge is 0.162 e. The third-order valence-corrected chi connectivity index (χ3v) is 9.22. The van der Waals surface area contributed by atoms with E-state index in [4.69, 9.17) is 4.98 Å². The molecule has 0 aliphatic carbocycles. The number of aromatic nitrogens is 3. The molecule has 2 aromatic heterocycles. The largest absolute Gasteiger partial charge is 0.512 e. The molecule has 6 rings (SSSR count). The first-order chi connectivity index (χ1) is 21.7. The molecule has 6 aromatic rings. The zero-order valence-electron chi connectivity index (χ0n) is 27.9. The van der Waals surface area contributed by atoms with E-state index in [1.165, 1.54) is 44.3 Å². The van der Waals surface area contributed by atoms with E-state index in [-0.39, 0.29) is 43.5 Å². The van der Waals surface area contributed by atoms with Gasteiger partial charge in [0.1, 0.15) is 6.33 Å². The van der Waals surface area contributed by atoms with E-state index >= 15 is 0 Å². The fourth-order valence-electron chi connectivity index (χ4n) is 6.58. The van der Waals surface area contributed by atoms with Crippen molar-refractivity contribution in [2.45, 2.75) is 67.2 Å². The van der Waals surface area contributed by atoms with Crippen LogP contribution in [0.4, 0.5) is 0 Å². The van der Waals surface area contributed by atoms with Gasteiger partial charge in [-0.1, -0.05) is 81.1 Å². The number of allylic oxidation sites excluding steroid dienone is 2. The summed E-state index contributed by atoms with van der Waals surface area (Å²) in [6.07, 6.45) is 6.58. The normalized spacial score (nSPS) is 11.8. The van der Waals surface area contributed by atoms with Crippen molar-refractivity contribution in [2.24, 2.45) is 18.9 Å². The molecule has 0 spiro atoms. The molecule has 46 heavy (non-hydrogen) atoms. The Morgan fingerprint density at radius 1 is 0.848 bits per heavy atom.